The van der Waals surface area contributed by atoms with Gasteiger partial charge in [-0.1, -0.05) is 6.07 Å². The Hall–Kier alpha value is -1.12. The van der Waals surface area contributed by atoms with Gasteiger partial charge in [0.1, 0.15) is 9.97 Å². The van der Waals surface area contributed by atoms with Crippen LogP contribution in [0.3, 0.4) is 0 Å². The van der Waals surface area contributed by atoms with Gasteiger partial charge in [-0.2, -0.15) is 0 Å². The van der Waals surface area contributed by atoms with Crippen LogP contribution in [0.4, 0.5) is 0 Å². The summed E-state index contributed by atoms with van der Waals surface area (Å²) in [6.45, 7) is 0. The average molecular weight is 360 g/mol. The van der Waals surface area contributed by atoms with Crippen molar-refractivity contribution in [1.82, 2.24) is 0 Å². The number of rotatable bonds is 5. The lowest BCUT2D eigenvalue weighted by Gasteiger charge is -2.17. The monoisotopic (exact) mass is 360 g/mol. The summed E-state index contributed by atoms with van der Waals surface area (Å²) in [4.78, 5) is 0. The van der Waals surface area contributed by atoms with Gasteiger partial charge in [-0.05, 0) is 35.9 Å². The van der Waals surface area contributed by atoms with E-state index in [9.17, 15) is 16.8 Å². The third-order valence-corrected chi connectivity index (χ3v) is 9.63. The Balaban J connectivity index is 1.84. The molecule has 2 aromatic rings. The molecule has 1 fully saturated rings. The molecule has 0 spiro atoms. The molecule has 2 atom stereocenters. The highest BCUT2D eigenvalue weighted by molar-refractivity contribution is 7.97. The zero-order valence-corrected chi connectivity index (χ0v) is 14.2. The third kappa shape index (κ3) is 3.13. The van der Waals surface area contributed by atoms with E-state index in [0.717, 1.165) is 17.1 Å². The first kappa shape index (κ1) is 15.8. The lowest BCUT2D eigenvalue weighted by molar-refractivity contribution is 0.459. The van der Waals surface area contributed by atoms with Crippen LogP contribution in [0.25, 0.3) is 0 Å². The van der Waals surface area contributed by atoms with E-state index in [2.05, 4.69) is 0 Å². The maximum absolute atomic E-state index is 12.7. The fourth-order valence-electron chi connectivity index (χ4n) is 2.86. The van der Waals surface area contributed by atoms with E-state index < -0.39 is 24.9 Å². The predicted octanol–water partition coefficient (Wildman–Crippen LogP) is 2.16. The molecular formula is C14H16O5S3. The average Bonchev–Trinajstić information content (AvgIpc) is 3.17. The number of hydrogen-bond donors (Lipinski definition) is 0. The van der Waals surface area contributed by atoms with Crippen molar-refractivity contribution < 1.29 is 21.3 Å². The lowest BCUT2D eigenvalue weighted by Crippen LogP contribution is -2.29. The Labute approximate surface area is 133 Å². The Bertz CT molecular complexity index is 817. The molecule has 0 saturated carbocycles. The second-order valence-corrected chi connectivity index (χ2v) is 11.0. The fraction of sp³-hybridized carbons (Fsp3) is 0.429. The molecule has 2 aromatic heterocycles. The van der Waals surface area contributed by atoms with Gasteiger partial charge in [-0.3, -0.25) is 0 Å². The Morgan fingerprint density at radius 1 is 1.23 bits per heavy atom. The lowest BCUT2D eigenvalue weighted by atomic mass is 10.0. The van der Waals surface area contributed by atoms with Gasteiger partial charge in [-0.25, -0.2) is 16.8 Å². The topological polar surface area (TPSA) is 81.4 Å². The molecule has 1 aliphatic heterocycles. The second-order valence-electron chi connectivity index (χ2n) is 5.47. The summed E-state index contributed by atoms with van der Waals surface area (Å²) < 4.78 is 54.7. The zero-order chi connectivity index (χ0) is 15.8. The summed E-state index contributed by atoms with van der Waals surface area (Å²) in [5.41, 5.74) is 0. The van der Waals surface area contributed by atoms with E-state index in [0.29, 0.717) is 12.8 Å². The summed E-state index contributed by atoms with van der Waals surface area (Å²) in [5, 5.41) is 0.833. The minimum atomic E-state index is -3.60. The molecule has 0 aliphatic carbocycles. The molecule has 5 nitrogen and oxygen atoms in total. The third-order valence-electron chi connectivity index (χ3n) is 3.93. The first-order chi connectivity index (χ1) is 10.4. The van der Waals surface area contributed by atoms with Crippen LogP contribution >= 0.6 is 11.3 Å². The highest BCUT2D eigenvalue weighted by Gasteiger charge is 2.45. The van der Waals surface area contributed by atoms with E-state index in [1.165, 1.54) is 6.07 Å². The highest BCUT2D eigenvalue weighted by atomic mass is 32.2. The van der Waals surface area contributed by atoms with Crippen LogP contribution in [0.1, 0.15) is 12.2 Å². The zero-order valence-electron chi connectivity index (χ0n) is 11.7. The maximum Gasteiger partial charge on any atom is 0.191 e. The van der Waals surface area contributed by atoms with Gasteiger partial charge in [0.15, 0.2) is 19.7 Å². The quantitative estimate of drug-likeness (QED) is 0.816. The van der Waals surface area contributed by atoms with E-state index in [1.54, 1.807) is 23.8 Å². The van der Waals surface area contributed by atoms with Gasteiger partial charge in [0, 0.05) is 6.42 Å². The molecular weight excluding hydrogens is 344 g/mol. The van der Waals surface area contributed by atoms with Crippen LogP contribution in [-0.4, -0.2) is 33.6 Å². The summed E-state index contributed by atoms with van der Waals surface area (Å²) in [5.74, 6) is 0.0118. The van der Waals surface area contributed by atoms with Crippen LogP contribution in [0.2, 0.25) is 0 Å². The molecule has 1 aliphatic rings. The Morgan fingerprint density at radius 2 is 2.05 bits per heavy atom. The molecule has 0 bridgehead atoms. The van der Waals surface area contributed by atoms with Crippen molar-refractivity contribution in [3.8, 4) is 0 Å². The van der Waals surface area contributed by atoms with Gasteiger partial charge in [0.25, 0.3) is 0 Å². The van der Waals surface area contributed by atoms with Gasteiger partial charge in [-0.15, -0.1) is 11.3 Å². The van der Waals surface area contributed by atoms with Crippen molar-refractivity contribution in [2.75, 3.05) is 11.5 Å². The Morgan fingerprint density at radius 3 is 2.68 bits per heavy atom. The van der Waals surface area contributed by atoms with Crippen molar-refractivity contribution in [2.24, 2.45) is 5.92 Å². The van der Waals surface area contributed by atoms with Crippen molar-refractivity contribution in [3.05, 3.63) is 41.7 Å². The second kappa shape index (κ2) is 5.82. The SMILES string of the molecule is O=S1(=O)C[C@H](CCc2ccco2)[C@@H](S(=O)(=O)c2cccs2)C1. The summed E-state index contributed by atoms with van der Waals surface area (Å²) in [6, 6.07) is 6.78. The van der Waals surface area contributed by atoms with Crippen LogP contribution in [0.5, 0.6) is 0 Å². The van der Waals surface area contributed by atoms with E-state index in [1.807, 2.05) is 6.07 Å². The molecule has 0 radical (unpaired) electrons. The standard InChI is InChI=1S/C14H16O5S3/c15-21(16)9-11(5-6-12-3-1-7-19-12)13(10-21)22(17,18)14-4-2-8-20-14/h1-4,7-8,11,13H,5-6,9-10H2/t11-,13-/m0/s1. The summed E-state index contributed by atoms with van der Waals surface area (Å²) >= 11 is 1.13. The first-order valence-electron chi connectivity index (χ1n) is 6.89. The number of aryl methyl sites for hydroxylation is 1. The van der Waals surface area contributed by atoms with Gasteiger partial charge in [0.2, 0.25) is 0 Å². The van der Waals surface area contributed by atoms with Gasteiger partial charge < -0.3 is 4.42 Å². The Kier molecular flexibility index (Phi) is 4.17. The van der Waals surface area contributed by atoms with Crippen LogP contribution in [-0.2, 0) is 26.1 Å². The van der Waals surface area contributed by atoms with Crippen molar-refractivity contribution in [1.29, 1.82) is 0 Å². The highest BCUT2D eigenvalue weighted by Crippen LogP contribution is 2.34. The molecule has 0 unspecified atom stereocenters. The van der Waals surface area contributed by atoms with Crippen LogP contribution in [0, 0.1) is 5.92 Å². The van der Waals surface area contributed by atoms with Crippen LogP contribution in [0.15, 0.2) is 44.5 Å². The van der Waals surface area contributed by atoms with Crippen molar-refractivity contribution in [2.45, 2.75) is 22.3 Å². The van der Waals surface area contributed by atoms with Crippen molar-refractivity contribution in [3.63, 3.8) is 0 Å². The number of sulfone groups is 2. The molecule has 120 valence electrons. The summed E-state index contributed by atoms with van der Waals surface area (Å²) in [6.07, 6.45) is 2.59. The van der Waals surface area contributed by atoms with Gasteiger partial charge in [0.05, 0.1) is 23.0 Å². The molecule has 0 aromatic carbocycles. The predicted molar refractivity (Wildman–Crippen MR) is 84.5 cm³/mol. The number of furan rings is 1. The maximum atomic E-state index is 12.7. The molecule has 22 heavy (non-hydrogen) atoms. The van der Waals surface area contributed by atoms with Crippen LogP contribution < -0.4 is 0 Å². The fourth-order valence-corrected chi connectivity index (χ4v) is 9.11. The minimum absolute atomic E-state index is 0.0665. The molecule has 1 saturated heterocycles. The van der Waals surface area contributed by atoms with Crippen molar-refractivity contribution >= 4 is 31.0 Å². The first-order valence-corrected chi connectivity index (χ1v) is 11.1. The molecule has 3 heterocycles. The normalized spacial score (nSPS) is 24.5. The summed E-state index contributed by atoms with van der Waals surface area (Å²) in [7, 11) is -6.91. The minimum Gasteiger partial charge on any atom is -0.469 e. The largest absolute Gasteiger partial charge is 0.469 e. The molecule has 3 rings (SSSR count). The van der Waals surface area contributed by atoms with E-state index in [-0.39, 0.29) is 21.6 Å². The van der Waals surface area contributed by atoms with E-state index >= 15 is 0 Å². The molecule has 0 N–H and O–H groups in total. The number of hydrogen-bond acceptors (Lipinski definition) is 6. The smallest absolute Gasteiger partial charge is 0.191 e. The number of thiophene rings is 1. The molecule has 8 heteroatoms. The van der Waals surface area contributed by atoms with Gasteiger partial charge >= 0.3 is 0 Å². The van der Waals surface area contributed by atoms with E-state index in [4.69, 9.17) is 4.42 Å². The molecule has 0 amide bonds.